The van der Waals surface area contributed by atoms with Crippen molar-refractivity contribution in [2.24, 2.45) is 5.92 Å². The fourth-order valence-corrected chi connectivity index (χ4v) is 4.90. The Morgan fingerprint density at radius 2 is 1.69 bits per heavy atom. The quantitative estimate of drug-likeness (QED) is 0.745. The molecule has 2 aromatic carbocycles. The van der Waals surface area contributed by atoms with Crippen molar-refractivity contribution < 1.29 is 18.4 Å². The summed E-state index contributed by atoms with van der Waals surface area (Å²) in [5.41, 5.74) is 0.810. The fraction of sp³-hybridized carbons (Fsp3) is 0.440. The first-order chi connectivity index (χ1) is 15.5. The van der Waals surface area contributed by atoms with E-state index in [4.69, 9.17) is 0 Å². The highest BCUT2D eigenvalue weighted by atomic mass is 19.1. The summed E-state index contributed by atoms with van der Waals surface area (Å²) in [6.07, 6.45) is 4.24. The average molecular weight is 442 g/mol. The van der Waals surface area contributed by atoms with Gasteiger partial charge in [0.1, 0.15) is 11.6 Å². The van der Waals surface area contributed by atoms with E-state index in [9.17, 15) is 18.4 Å². The average Bonchev–Trinajstić information content (AvgIpc) is 3.33. The Balaban J connectivity index is 1.40. The van der Waals surface area contributed by atoms with Crippen LogP contribution in [0.4, 0.5) is 8.78 Å². The first kappa shape index (κ1) is 22.4. The number of nitrogens with one attached hydrogen (secondary N) is 1. The van der Waals surface area contributed by atoms with Crippen molar-refractivity contribution in [3.8, 4) is 0 Å². The molecule has 0 bridgehead atoms. The summed E-state index contributed by atoms with van der Waals surface area (Å²) < 4.78 is 27.5. The van der Waals surface area contributed by atoms with Gasteiger partial charge in [-0.15, -0.1) is 0 Å². The third-order valence-electron chi connectivity index (χ3n) is 6.57. The van der Waals surface area contributed by atoms with Crippen LogP contribution in [-0.4, -0.2) is 53.8 Å². The number of nitrogens with zero attached hydrogens (tertiary/aromatic N) is 2. The minimum absolute atomic E-state index is 0.0463. The van der Waals surface area contributed by atoms with Gasteiger partial charge in [-0.3, -0.25) is 14.5 Å². The number of carbonyl (C=O) groups is 2. The molecule has 7 heteroatoms. The van der Waals surface area contributed by atoms with Gasteiger partial charge in [-0.1, -0.05) is 37.1 Å². The number of amides is 2. The van der Waals surface area contributed by atoms with Gasteiger partial charge in [0.25, 0.3) is 5.91 Å². The van der Waals surface area contributed by atoms with Crippen LogP contribution in [0.25, 0.3) is 0 Å². The highest BCUT2D eigenvalue weighted by Gasteiger charge is 2.37. The van der Waals surface area contributed by atoms with E-state index >= 15 is 0 Å². The van der Waals surface area contributed by atoms with Crippen LogP contribution in [-0.2, 0) is 11.3 Å². The van der Waals surface area contributed by atoms with Crippen molar-refractivity contribution in [3.63, 3.8) is 0 Å². The minimum Gasteiger partial charge on any atom is -0.351 e. The predicted octanol–water partition coefficient (Wildman–Crippen LogP) is 3.60. The maximum absolute atomic E-state index is 14.0. The molecule has 1 saturated heterocycles. The molecular weight excluding hydrogens is 412 g/mol. The maximum atomic E-state index is 14.0. The molecular formula is C25H29F2N3O2. The number of piperazine rings is 1. The number of rotatable bonds is 6. The molecule has 32 heavy (non-hydrogen) atoms. The first-order valence-corrected chi connectivity index (χ1v) is 11.3. The smallest absolute Gasteiger partial charge is 0.256 e. The van der Waals surface area contributed by atoms with Gasteiger partial charge in [0.2, 0.25) is 5.91 Å². The van der Waals surface area contributed by atoms with Crippen LogP contribution < -0.4 is 5.32 Å². The normalized spacial score (nSPS) is 18.5. The Hall–Kier alpha value is -2.80. The molecule has 0 aromatic heterocycles. The van der Waals surface area contributed by atoms with Crippen molar-refractivity contribution in [2.75, 3.05) is 26.2 Å². The Morgan fingerprint density at radius 3 is 2.38 bits per heavy atom. The molecule has 4 rings (SSSR count). The molecule has 2 aliphatic rings. The Morgan fingerprint density at radius 1 is 0.969 bits per heavy atom. The molecule has 170 valence electrons. The van der Waals surface area contributed by atoms with Crippen LogP contribution >= 0.6 is 0 Å². The number of halogens is 2. The maximum Gasteiger partial charge on any atom is 0.256 e. The van der Waals surface area contributed by atoms with E-state index in [1.54, 1.807) is 29.2 Å². The van der Waals surface area contributed by atoms with Crippen molar-refractivity contribution in [1.82, 2.24) is 15.1 Å². The van der Waals surface area contributed by atoms with Gasteiger partial charge >= 0.3 is 0 Å². The van der Waals surface area contributed by atoms with Gasteiger partial charge in [0.05, 0.1) is 11.6 Å². The second kappa shape index (κ2) is 10.2. The second-order valence-corrected chi connectivity index (χ2v) is 8.65. The van der Waals surface area contributed by atoms with E-state index in [1.165, 1.54) is 24.3 Å². The van der Waals surface area contributed by atoms with Crippen molar-refractivity contribution >= 4 is 11.8 Å². The van der Waals surface area contributed by atoms with E-state index in [2.05, 4.69) is 10.2 Å². The van der Waals surface area contributed by atoms with E-state index < -0.39 is 5.82 Å². The van der Waals surface area contributed by atoms with Crippen LogP contribution in [0.2, 0.25) is 0 Å². The molecule has 2 aromatic rings. The molecule has 1 aliphatic carbocycles. The molecule has 2 amide bonds. The van der Waals surface area contributed by atoms with Crippen LogP contribution in [0.3, 0.4) is 0 Å². The summed E-state index contributed by atoms with van der Waals surface area (Å²) in [6, 6.07) is 12.0. The summed E-state index contributed by atoms with van der Waals surface area (Å²) in [6.45, 7) is 2.32. The number of hydrogen-bond donors (Lipinski definition) is 1. The molecule has 0 radical (unpaired) electrons. The fourth-order valence-electron chi connectivity index (χ4n) is 4.90. The van der Waals surface area contributed by atoms with Gasteiger partial charge in [-0.05, 0) is 48.6 Å². The predicted molar refractivity (Wildman–Crippen MR) is 118 cm³/mol. The molecule has 1 aliphatic heterocycles. The highest BCUT2D eigenvalue weighted by molar-refractivity contribution is 5.94. The van der Waals surface area contributed by atoms with E-state index in [0.717, 1.165) is 31.2 Å². The lowest BCUT2D eigenvalue weighted by Crippen LogP contribution is -2.58. The zero-order valence-corrected chi connectivity index (χ0v) is 18.1. The topological polar surface area (TPSA) is 52.7 Å². The van der Waals surface area contributed by atoms with Gasteiger partial charge < -0.3 is 10.2 Å². The number of hydrogen-bond acceptors (Lipinski definition) is 3. The Labute approximate surface area is 187 Å². The summed E-state index contributed by atoms with van der Waals surface area (Å²) >= 11 is 0. The van der Waals surface area contributed by atoms with Gasteiger partial charge in [-0.25, -0.2) is 8.78 Å². The molecule has 5 nitrogen and oxygen atoms in total. The molecule has 1 atom stereocenters. The van der Waals surface area contributed by atoms with Crippen LogP contribution in [0.1, 0.15) is 41.6 Å². The molecule has 1 heterocycles. The van der Waals surface area contributed by atoms with Gasteiger partial charge in [0.15, 0.2) is 0 Å². The van der Waals surface area contributed by atoms with Gasteiger partial charge in [-0.2, -0.15) is 0 Å². The Kier molecular flexibility index (Phi) is 7.15. The highest BCUT2D eigenvalue weighted by Crippen LogP contribution is 2.31. The summed E-state index contributed by atoms with van der Waals surface area (Å²) in [4.78, 5) is 29.7. The zero-order chi connectivity index (χ0) is 22.5. The minimum atomic E-state index is -0.513. The third kappa shape index (κ3) is 5.15. The van der Waals surface area contributed by atoms with Crippen molar-refractivity contribution in [2.45, 2.75) is 38.3 Å². The first-order valence-electron chi connectivity index (χ1n) is 11.3. The summed E-state index contributed by atoms with van der Waals surface area (Å²) in [5.74, 6) is -0.915. The molecule has 1 saturated carbocycles. The van der Waals surface area contributed by atoms with Crippen molar-refractivity contribution in [3.05, 3.63) is 71.3 Å². The molecule has 0 unspecified atom stereocenters. The van der Waals surface area contributed by atoms with E-state index in [1.807, 2.05) is 0 Å². The lowest BCUT2D eigenvalue weighted by molar-refractivity contribution is -0.129. The SMILES string of the molecule is O=C(NCc1cccc(F)c1)[C@@H](C1CCCC1)N1CCN(C(=O)c2ccccc2F)CC1. The monoisotopic (exact) mass is 441 g/mol. The van der Waals surface area contributed by atoms with Crippen molar-refractivity contribution in [1.29, 1.82) is 0 Å². The standard InChI is InChI=1S/C25H29F2N3O2/c26-20-9-5-6-18(16-20)17-28-24(31)23(19-7-1-2-8-19)29-12-14-30(15-13-29)25(32)21-10-3-4-11-22(21)27/h3-6,9-11,16,19,23H,1-2,7-8,12-15,17H2,(H,28,31)/t23-/m1/s1. The number of carbonyl (C=O) groups excluding carboxylic acids is 2. The molecule has 1 N–H and O–H groups in total. The lowest BCUT2D eigenvalue weighted by Gasteiger charge is -2.40. The lowest BCUT2D eigenvalue weighted by atomic mass is 9.94. The van der Waals surface area contributed by atoms with E-state index in [0.29, 0.717) is 26.2 Å². The number of benzene rings is 2. The summed E-state index contributed by atoms with van der Waals surface area (Å²) in [5, 5.41) is 2.99. The molecule has 0 spiro atoms. The molecule has 2 fully saturated rings. The summed E-state index contributed by atoms with van der Waals surface area (Å²) in [7, 11) is 0. The second-order valence-electron chi connectivity index (χ2n) is 8.65. The van der Waals surface area contributed by atoms with Crippen LogP contribution in [0, 0.1) is 17.6 Å². The largest absolute Gasteiger partial charge is 0.351 e. The van der Waals surface area contributed by atoms with Crippen LogP contribution in [0.15, 0.2) is 48.5 Å². The van der Waals surface area contributed by atoms with Gasteiger partial charge in [0, 0.05) is 32.7 Å². The third-order valence-corrected chi connectivity index (χ3v) is 6.57. The van der Waals surface area contributed by atoms with Crippen LogP contribution in [0.5, 0.6) is 0 Å². The Bertz CT molecular complexity index is 954. The zero-order valence-electron chi connectivity index (χ0n) is 18.1. The van der Waals surface area contributed by atoms with E-state index in [-0.39, 0.29) is 41.7 Å².